The summed E-state index contributed by atoms with van der Waals surface area (Å²) in [6.07, 6.45) is 2.86. The first-order valence-corrected chi connectivity index (χ1v) is 7.56. The van der Waals surface area contributed by atoms with Crippen LogP contribution < -0.4 is 0 Å². The third-order valence-corrected chi connectivity index (χ3v) is 3.58. The number of ketones is 1. The molecule has 116 valence electrons. The van der Waals surface area contributed by atoms with Gasteiger partial charge in [0.2, 0.25) is 5.78 Å². The summed E-state index contributed by atoms with van der Waals surface area (Å²) < 4.78 is 2.03. The van der Waals surface area contributed by atoms with E-state index < -0.39 is 4.92 Å². The Bertz CT molecular complexity index is 689. The van der Waals surface area contributed by atoms with Crippen LogP contribution in [0.15, 0.2) is 36.4 Å². The molecule has 1 aromatic carbocycles. The number of hydrogen-bond acceptors (Lipinski definition) is 3. The van der Waals surface area contributed by atoms with Crippen LogP contribution in [0.4, 0.5) is 5.69 Å². The first-order chi connectivity index (χ1) is 10.6. The number of benzene rings is 1. The lowest BCUT2D eigenvalue weighted by Gasteiger charge is -2.11. The monoisotopic (exact) mass is 300 g/mol. The van der Waals surface area contributed by atoms with Crippen molar-refractivity contribution in [2.24, 2.45) is 0 Å². The number of nitrogens with zero attached hydrogens (tertiary/aromatic N) is 2. The number of carbonyl (C=O) groups is 1. The summed E-state index contributed by atoms with van der Waals surface area (Å²) in [6.45, 7) is 4.95. The molecule has 0 aliphatic rings. The molecule has 0 aliphatic heterocycles. The lowest BCUT2D eigenvalue weighted by atomic mass is 10.1. The predicted octanol–water partition coefficient (Wildman–Crippen LogP) is 3.99. The van der Waals surface area contributed by atoms with Crippen LogP contribution in [0.2, 0.25) is 0 Å². The fourth-order valence-electron chi connectivity index (χ4n) is 2.58. The largest absolute Gasteiger partial charge is 0.342 e. The van der Waals surface area contributed by atoms with E-state index in [0.717, 1.165) is 31.5 Å². The molecule has 0 atom stereocenters. The van der Waals surface area contributed by atoms with Gasteiger partial charge in [0.25, 0.3) is 5.69 Å². The Labute approximate surface area is 129 Å². The molecule has 0 aliphatic carbocycles. The molecule has 2 rings (SSSR count). The fraction of sp³-hybridized carbons (Fsp3) is 0.353. The van der Waals surface area contributed by atoms with Crippen LogP contribution in [0.25, 0.3) is 0 Å². The van der Waals surface area contributed by atoms with Gasteiger partial charge in [-0.2, -0.15) is 0 Å². The van der Waals surface area contributed by atoms with E-state index in [2.05, 4.69) is 13.8 Å². The lowest BCUT2D eigenvalue weighted by Crippen LogP contribution is -2.12. The maximum atomic E-state index is 12.7. The smallest absolute Gasteiger partial charge is 0.270 e. The van der Waals surface area contributed by atoms with E-state index in [1.165, 1.54) is 12.1 Å². The van der Waals surface area contributed by atoms with Crippen molar-refractivity contribution in [2.75, 3.05) is 0 Å². The van der Waals surface area contributed by atoms with Crippen molar-refractivity contribution in [1.29, 1.82) is 0 Å². The van der Waals surface area contributed by atoms with Crippen LogP contribution in [0.3, 0.4) is 0 Å². The topological polar surface area (TPSA) is 65.1 Å². The highest BCUT2D eigenvalue weighted by Crippen LogP contribution is 2.19. The molecule has 0 radical (unpaired) electrons. The van der Waals surface area contributed by atoms with Crippen molar-refractivity contribution in [2.45, 2.75) is 39.7 Å². The Hall–Kier alpha value is -2.43. The van der Waals surface area contributed by atoms with Crippen LogP contribution in [-0.2, 0) is 13.0 Å². The second-order valence-electron chi connectivity index (χ2n) is 5.25. The molecule has 1 aromatic heterocycles. The normalized spacial score (nSPS) is 10.6. The SMILES string of the molecule is CCCc1ccc(C(=O)c2cccc([N+](=O)[O-])c2)n1CCC. The molecule has 2 aromatic rings. The molecule has 0 amide bonds. The third kappa shape index (κ3) is 3.24. The van der Waals surface area contributed by atoms with E-state index in [0.29, 0.717) is 11.3 Å². The average molecular weight is 300 g/mol. The van der Waals surface area contributed by atoms with Gasteiger partial charge in [-0.1, -0.05) is 32.4 Å². The molecule has 5 nitrogen and oxygen atoms in total. The second-order valence-corrected chi connectivity index (χ2v) is 5.25. The summed E-state index contributed by atoms with van der Waals surface area (Å²) in [5.41, 5.74) is 2.03. The molecule has 22 heavy (non-hydrogen) atoms. The number of nitro benzene ring substituents is 1. The van der Waals surface area contributed by atoms with E-state index in [-0.39, 0.29) is 11.5 Å². The molecule has 0 saturated carbocycles. The van der Waals surface area contributed by atoms with Gasteiger partial charge in [0.15, 0.2) is 0 Å². The molecule has 0 fully saturated rings. The van der Waals surface area contributed by atoms with Crippen LogP contribution >= 0.6 is 0 Å². The zero-order chi connectivity index (χ0) is 16.1. The predicted molar refractivity (Wildman–Crippen MR) is 85.2 cm³/mol. The Balaban J connectivity index is 2.40. The molecule has 0 spiro atoms. The second kappa shape index (κ2) is 7.02. The Morgan fingerprint density at radius 3 is 2.59 bits per heavy atom. The minimum atomic E-state index is -0.482. The molecular weight excluding hydrogens is 280 g/mol. The third-order valence-electron chi connectivity index (χ3n) is 3.58. The Kier molecular flexibility index (Phi) is 5.09. The van der Waals surface area contributed by atoms with Crippen LogP contribution in [0.1, 0.15) is 48.4 Å². The first-order valence-electron chi connectivity index (χ1n) is 7.56. The van der Waals surface area contributed by atoms with Gasteiger partial charge in [-0.25, -0.2) is 0 Å². The molecule has 5 heteroatoms. The van der Waals surface area contributed by atoms with Gasteiger partial charge < -0.3 is 4.57 Å². The zero-order valence-corrected chi connectivity index (χ0v) is 12.9. The van der Waals surface area contributed by atoms with Gasteiger partial charge in [0.05, 0.1) is 10.6 Å². The summed E-state index contributed by atoms with van der Waals surface area (Å²) in [7, 11) is 0. The van der Waals surface area contributed by atoms with Gasteiger partial charge >= 0.3 is 0 Å². The molecular formula is C17H20N2O3. The Morgan fingerprint density at radius 1 is 1.18 bits per heavy atom. The van der Waals surface area contributed by atoms with E-state index in [1.54, 1.807) is 12.1 Å². The van der Waals surface area contributed by atoms with E-state index in [4.69, 9.17) is 0 Å². The van der Waals surface area contributed by atoms with Gasteiger partial charge in [-0.05, 0) is 25.0 Å². The van der Waals surface area contributed by atoms with Gasteiger partial charge in [0.1, 0.15) is 0 Å². The van der Waals surface area contributed by atoms with Crippen molar-refractivity contribution in [3.63, 3.8) is 0 Å². The minimum Gasteiger partial charge on any atom is -0.342 e. The molecule has 0 unspecified atom stereocenters. The maximum Gasteiger partial charge on any atom is 0.270 e. The quantitative estimate of drug-likeness (QED) is 0.441. The summed E-state index contributed by atoms with van der Waals surface area (Å²) >= 11 is 0. The average Bonchev–Trinajstić information content (AvgIpc) is 2.90. The van der Waals surface area contributed by atoms with E-state index in [1.807, 2.05) is 16.7 Å². The maximum absolute atomic E-state index is 12.7. The number of aromatic nitrogens is 1. The Morgan fingerprint density at radius 2 is 1.95 bits per heavy atom. The van der Waals surface area contributed by atoms with E-state index in [9.17, 15) is 14.9 Å². The number of rotatable bonds is 7. The van der Waals surface area contributed by atoms with Crippen LogP contribution in [-0.4, -0.2) is 15.3 Å². The lowest BCUT2D eigenvalue weighted by molar-refractivity contribution is -0.384. The number of non-ortho nitro benzene ring substituents is 1. The number of aryl methyl sites for hydroxylation is 1. The molecule has 1 heterocycles. The highest BCUT2D eigenvalue weighted by atomic mass is 16.6. The summed E-state index contributed by atoms with van der Waals surface area (Å²) in [5, 5.41) is 10.9. The number of carbonyl (C=O) groups excluding carboxylic acids is 1. The molecule has 0 saturated heterocycles. The van der Waals surface area contributed by atoms with Gasteiger partial charge in [-0.15, -0.1) is 0 Å². The van der Waals surface area contributed by atoms with Crippen molar-refractivity contribution in [3.8, 4) is 0 Å². The fourth-order valence-corrected chi connectivity index (χ4v) is 2.58. The van der Waals surface area contributed by atoms with Crippen molar-refractivity contribution in [3.05, 3.63) is 63.5 Å². The molecule has 0 bridgehead atoms. The summed E-state index contributed by atoms with van der Waals surface area (Å²) in [6, 6.07) is 9.70. The first kappa shape index (κ1) is 15.9. The van der Waals surface area contributed by atoms with Crippen LogP contribution in [0.5, 0.6) is 0 Å². The van der Waals surface area contributed by atoms with Gasteiger partial charge in [-0.3, -0.25) is 14.9 Å². The van der Waals surface area contributed by atoms with E-state index >= 15 is 0 Å². The minimum absolute atomic E-state index is 0.0618. The summed E-state index contributed by atoms with van der Waals surface area (Å²) in [5.74, 6) is -0.167. The summed E-state index contributed by atoms with van der Waals surface area (Å²) in [4.78, 5) is 23.1. The molecule has 0 N–H and O–H groups in total. The van der Waals surface area contributed by atoms with Crippen molar-refractivity contribution < 1.29 is 9.72 Å². The van der Waals surface area contributed by atoms with Crippen LogP contribution in [0, 0.1) is 10.1 Å². The highest BCUT2D eigenvalue weighted by Gasteiger charge is 2.18. The number of nitro groups is 1. The van der Waals surface area contributed by atoms with Crippen molar-refractivity contribution >= 4 is 11.5 Å². The highest BCUT2D eigenvalue weighted by molar-refractivity contribution is 6.08. The zero-order valence-electron chi connectivity index (χ0n) is 12.9. The van der Waals surface area contributed by atoms with Gasteiger partial charge in [0, 0.05) is 29.9 Å². The van der Waals surface area contributed by atoms with Crippen molar-refractivity contribution in [1.82, 2.24) is 4.57 Å². The number of hydrogen-bond donors (Lipinski definition) is 0. The standard InChI is InChI=1S/C17H20N2O3/c1-3-6-14-9-10-16(18(14)11-4-2)17(20)13-7-5-8-15(12-13)19(21)22/h5,7-10,12H,3-4,6,11H2,1-2H3.